The van der Waals surface area contributed by atoms with E-state index in [1.165, 1.54) is 5.56 Å². The summed E-state index contributed by atoms with van der Waals surface area (Å²) in [6.07, 6.45) is 0.491. The van der Waals surface area contributed by atoms with Crippen LogP contribution in [0.1, 0.15) is 28.8 Å². The third kappa shape index (κ3) is 2.31. The van der Waals surface area contributed by atoms with E-state index in [1.807, 2.05) is 44.3 Å². The van der Waals surface area contributed by atoms with Crippen molar-refractivity contribution in [3.8, 4) is 0 Å². The van der Waals surface area contributed by atoms with Crippen LogP contribution in [-0.2, 0) is 13.0 Å². The number of fused-ring (bicyclic) bond motifs is 1. The molecule has 1 aromatic carbocycles. The van der Waals surface area contributed by atoms with Gasteiger partial charge in [-0.1, -0.05) is 24.3 Å². The molecule has 0 saturated heterocycles. The van der Waals surface area contributed by atoms with Gasteiger partial charge in [0.05, 0.1) is 12.6 Å². The van der Waals surface area contributed by atoms with Crippen LogP contribution >= 0.6 is 0 Å². The summed E-state index contributed by atoms with van der Waals surface area (Å²) >= 11 is 0. The zero-order chi connectivity index (χ0) is 13.4. The minimum atomic E-state index is -0.405. The smallest absolute Gasteiger partial charge is 0.118 e. The molecule has 1 N–H and O–H groups in total. The second-order valence-corrected chi connectivity index (χ2v) is 5.34. The van der Waals surface area contributed by atoms with Crippen LogP contribution in [-0.4, -0.2) is 23.1 Å². The van der Waals surface area contributed by atoms with Gasteiger partial charge in [0.1, 0.15) is 11.5 Å². The van der Waals surface area contributed by atoms with E-state index in [1.54, 1.807) is 0 Å². The van der Waals surface area contributed by atoms with Crippen molar-refractivity contribution in [1.82, 2.24) is 4.90 Å². The van der Waals surface area contributed by atoms with Crippen LogP contribution in [0.15, 0.2) is 40.8 Å². The Balaban J connectivity index is 1.74. The van der Waals surface area contributed by atoms with Crippen LogP contribution in [0.5, 0.6) is 0 Å². The van der Waals surface area contributed by atoms with Gasteiger partial charge in [0.25, 0.3) is 0 Å². The number of hydrogen-bond donors (Lipinski definition) is 1. The second kappa shape index (κ2) is 4.83. The number of aliphatic hydroxyl groups is 1. The van der Waals surface area contributed by atoms with Crippen molar-refractivity contribution < 1.29 is 9.52 Å². The minimum Gasteiger partial charge on any atom is -0.465 e. The number of hydrogen-bond acceptors (Lipinski definition) is 3. The maximum absolute atomic E-state index is 10.4. The molecule has 3 nitrogen and oxygen atoms in total. The van der Waals surface area contributed by atoms with Crippen LogP contribution in [0.2, 0.25) is 0 Å². The average molecular weight is 257 g/mol. The zero-order valence-electron chi connectivity index (χ0n) is 11.3. The van der Waals surface area contributed by atoms with Crippen LogP contribution in [0.3, 0.4) is 0 Å². The lowest BCUT2D eigenvalue weighted by molar-refractivity contribution is 0.0684. The molecule has 0 aliphatic heterocycles. The lowest BCUT2D eigenvalue weighted by atomic mass is 10.1. The molecular weight excluding hydrogens is 238 g/mol. The van der Waals surface area contributed by atoms with E-state index in [-0.39, 0.29) is 6.04 Å². The molecular formula is C16H19NO2. The summed E-state index contributed by atoms with van der Waals surface area (Å²) in [5, 5.41) is 10.4. The summed E-state index contributed by atoms with van der Waals surface area (Å²) in [4.78, 5) is 2.17. The molecule has 2 atom stereocenters. The van der Waals surface area contributed by atoms with Crippen molar-refractivity contribution in [3.63, 3.8) is 0 Å². The molecule has 0 bridgehead atoms. The maximum atomic E-state index is 10.4. The maximum Gasteiger partial charge on any atom is 0.118 e. The number of aryl methyl sites for hydroxylation is 1. The van der Waals surface area contributed by atoms with E-state index in [9.17, 15) is 5.11 Å². The fraction of sp³-hybridized carbons (Fsp3) is 0.375. The summed E-state index contributed by atoms with van der Waals surface area (Å²) < 4.78 is 5.60. The zero-order valence-corrected chi connectivity index (χ0v) is 11.3. The monoisotopic (exact) mass is 257 g/mol. The first kappa shape index (κ1) is 12.5. The molecule has 1 aromatic heterocycles. The van der Waals surface area contributed by atoms with E-state index < -0.39 is 6.10 Å². The SMILES string of the molecule is Cc1ccc(CN(C)C2Cc3ccccc3C2O)o1. The lowest BCUT2D eigenvalue weighted by Gasteiger charge is -2.26. The van der Waals surface area contributed by atoms with Gasteiger partial charge in [-0.25, -0.2) is 0 Å². The summed E-state index contributed by atoms with van der Waals surface area (Å²) in [6, 6.07) is 12.2. The summed E-state index contributed by atoms with van der Waals surface area (Å²) in [5.41, 5.74) is 2.32. The number of rotatable bonds is 3. The van der Waals surface area contributed by atoms with Gasteiger partial charge in [0.15, 0.2) is 0 Å². The molecule has 0 spiro atoms. The molecule has 0 saturated carbocycles. The van der Waals surface area contributed by atoms with E-state index >= 15 is 0 Å². The third-order valence-electron chi connectivity index (χ3n) is 3.93. The van der Waals surface area contributed by atoms with Crippen molar-refractivity contribution in [2.24, 2.45) is 0 Å². The molecule has 1 aliphatic carbocycles. The molecule has 0 radical (unpaired) electrons. The van der Waals surface area contributed by atoms with Crippen LogP contribution in [0.25, 0.3) is 0 Å². The Morgan fingerprint density at radius 3 is 2.74 bits per heavy atom. The second-order valence-electron chi connectivity index (χ2n) is 5.34. The fourth-order valence-corrected chi connectivity index (χ4v) is 2.88. The molecule has 2 aromatic rings. The fourth-order valence-electron chi connectivity index (χ4n) is 2.88. The molecule has 19 heavy (non-hydrogen) atoms. The minimum absolute atomic E-state index is 0.128. The van der Waals surface area contributed by atoms with Gasteiger partial charge in [-0.05, 0) is 43.7 Å². The Kier molecular flexibility index (Phi) is 3.17. The highest BCUT2D eigenvalue weighted by atomic mass is 16.3. The molecule has 2 unspecified atom stereocenters. The van der Waals surface area contributed by atoms with Gasteiger partial charge in [-0.2, -0.15) is 0 Å². The van der Waals surface area contributed by atoms with Crippen LogP contribution in [0.4, 0.5) is 0 Å². The molecule has 100 valence electrons. The Bertz CT molecular complexity index is 576. The van der Waals surface area contributed by atoms with Crippen molar-refractivity contribution in [3.05, 3.63) is 59.0 Å². The van der Waals surface area contributed by atoms with Crippen molar-refractivity contribution in [2.75, 3.05) is 7.05 Å². The van der Waals surface area contributed by atoms with Gasteiger partial charge >= 0.3 is 0 Å². The van der Waals surface area contributed by atoms with E-state index in [4.69, 9.17) is 4.42 Å². The van der Waals surface area contributed by atoms with Crippen molar-refractivity contribution in [2.45, 2.75) is 32.0 Å². The average Bonchev–Trinajstić information content (AvgIpc) is 2.94. The van der Waals surface area contributed by atoms with Gasteiger partial charge in [-0.15, -0.1) is 0 Å². The van der Waals surface area contributed by atoms with E-state index in [0.717, 1.165) is 30.0 Å². The molecule has 1 aliphatic rings. The molecule has 3 rings (SSSR count). The van der Waals surface area contributed by atoms with Crippen molar-refractivity contribution in [1.29, 1.82) is 0 Å². The normalized spacial score (nSPS) is 21.9. The Labute approximate surface area is 113 Å². The molecule has 0 amide bonds. The van der Waals surface area contributed by atoms with Gasteiger partial charge in [0.2, 0.25) is 0 Å². The van der Waals surface area contributed by atoms with Crippen molar-refractivity contribution >= 4 is 0 Å². The number of aliphatic hydroxyl groups excluding tert-OH is 1. The Hall–Kier alpha value is -1.58. The summed E-state index contributed by atoms with van der Waals surface area (Å²) in [7, 11) is 2.04. The Morgan fingerprint density at radius 1 is 1.26 bits per heavy atom. The molecule has 3 heteroatoms. The number of furan rings is 1. The standard InChI is InChI=1S/C16H19NO2/c1-11-7-8-13(19-11)10-17(2)15-9-12-5-3-4-6-14(12)16(15)18/h3-8,15-16,18H,9-10H2,1-2H3. The van der Waals surface area contributed by atoms with Gasteiger partial charge in [-0.3, -0.25) is 4.90 Å². The predicted octanol–water partition coefficient (Wildman–Crippen LogP) is 2.68. The summed E-state index contributed by atoms with van der Waals surface area (Å²) in [6.45, 7) is 2.67. The largest absolute Gasteiger partial charge is 0.465 e. The number of nitrogens with zero attached hydrogens (tertiary/aromatic N) is 1. The highest BCUT2D eigenvalue weighted by Crippen LogP contribution is 2.34. The van der Waals surface area contributed by atoms with E-state index in [0.29, 0.717) is 0 Å². The van der Waals surface area contributed by atoms with E-state index in [2.05, 4.69) is 11.0 Å². The molecule has 1 heterocycles. The number of likely N-dealkylation sites (N-methyl/N-ethyl adjacent to an activating group) is 1. The quantitative estimate of drug-likeness (QED) is 0.918. The first-order valence-electron chi connectivity index (χ1n) is 6.66. The van der Waals surface area contributed by atoms with Gasteiger partial charge in [0, 0.05) is 6.04 Å². The third-order valence-corrected chi connectivity index (χ3v) is 3.93. The summed E-state index contributed by atoms with van der Waals surface area (Å²) in [5.74, 6) is 1.88. The van der Waals surface area contributed by atoms with Crippen LogP contribution in [0, 0.1) is 6.92 Å². The number of benzene rings is 1. The molecule has 0 fully saturated rings. The highest BCUT2D eigenvalue weighted by Gasteiger charge is 2.33. The lowest BCUT2D eigenvalue weighted by Crippen LogP contribution is -2.34. The van der Waals surface area contributed by atoms with Gasteiger partial charge < -0.3 is 9.52 Å². The van der Waals surface area contributed by atoms with Crippen LogP contribution < -0.4 is 0 Å². The predicted molar refractivity (Wildman–Crippen MR) is 73.8 cm³/mol. The Morgan fingerprint density at radius 2 is 2.05 bits per heavy atom. The topological polar surface area (TPSA) is 36.6 Å². The first-order valence-corrected chi connectivity index (χ1v) is 6.66. The highest BCUT2D eigenvalue weighted by molar-refractivity contribution is 5.35. The first-order chi connectivity index (χ1) is 9.15.